The summed E-state index contributed by atoms with van der Waals surface area (Å²) in [4.78, 5) is 25.7. The molecule has 0 bridgehead atoms. The number of thioether (sulfide) groups is 1. The molecule has 0 aliphatic heterocycles. The largest absolute Gasteiger partial charge is 0.467 e. The van der Waals surface area contributed by atoms with Gasteiger partial charge in [0.05, 0.1) is 29.8 Å². The lowest BCUT2D eigenvalue weighted by Crippen LogP contribution is -2.19. The zero-order valence-electron chi connectivity index (χ0n) is 19.2. The number of amides is 2. The third kappa shape index (κ3) is 5.63. The van der Waals surface area contributed by atoms with Crippen molar-refractivity contribution in [3.05, 3.63) is 89.6 Å². The van der Waals surface area contributed by atoms with E-state index in [4.69, 9.17) is 4.42 Å². The number of hydrogen-bond donors (Lipinski definition) is 2. The van der Waals surface area contributed by atoms with Crippen LogP contribution in [0, 0.1) is 6.92 Å². The van der Waals surface area contributed by atoms with Gasteiger partial charge in [-0.3, -0.25) is 14.2 Å². The van der Waals surface area contributed by atoms with E-state index in [2.05, 4.69) is 20.8 Å². The van der Waals surface area contributed by atoms with Gasteiger partial charge < -0.3 is 15.1 Å². The number of rotatable bonds is 9. The zero-order chi connectivity index (χ0) is 24.2. The van der Waals surface area contributed by atoms with Crippen molar-refractivity contribution in [2.75, 3.05) is 16.4 Å². The summed E-state index contributed by atoms with van der Waals surface area (Å²) in [5.74, 6) is 1.78. The number of hydrogen-bond acceptors (Lipinski definition) is 6. The van der Waals surface area contributed by atoms with Gasteiger partial charge in [0.25, 0.3) is 5.91 Å². The number of aromatic nitrogens is 3. The minimum Gasteiger partial charge on any atom is -0.467 e. The summed E-state index contributed by atoms with van der Waals surface area (Å²) in [6.07, 6.45) is 3.84. The van der Waals surface area contributed by atoms with Gasteiger partial charge in [0.15, 0.2) is 5.16 Å². The standard InChI is InChI=1S/C26H25N5O3S/c1-17-6-4-7-19(14-17)27-25(33)21-9-2-3-10-22(21)28-23(32)16-35-26-30-29-24(18-11-12-18)31(26)15-20-8-5-13-34-20/h2-10,13-14,18H,11-12,15-16H2,1H3,(H,27,33)(H,28,32). The van der Waals surface area contributed by atoms with Gasteiger partial charge in [-0.2, -0.15) is 0 Å². The number of aryl methyl sites for hydroxylation is 1. The first kappa shape index (κ1) is 22.9. The van der Waals surface area contributed by atoms with E-state index in [1.165, 1.54) is 11.8 Å². The maximum Gasteiger partial charge on any atom is 0.257 e. The lowest BCUT2D eigenvalue weighted by atomic mass is 10.1. The van der Waals surface area contributed by atoms with Crippen molar-refractivity contribution < 1.29 is 14.0 Å². The SMILES string of the molecule is Cc1cccc(NC(=O)c2ccccc2NC(=O)CSc2nnc(C3CC3)n2Cc2ccco2)c1. The number of benzene rings is 2. The Bertz CT molecular complexity index is 1340. The molecule has 0 atom stereocenters. The summed E-state index contributed by atoms with van der Waals surface area (Å²) in [6, 6.07) is 18.3. The van der Waals surface area contributed by atoms with Crippen LogP contribution >= 0.6 is 11.8 Å². The predicted octanol–water partition coefficient (Wildman–Crippen LogP) is 5.09. The van der Waals surface area contributed by atoms with Crippen LogP contribution in [0.3, 0.4) is 0 Å². The zero-order valence-corrected chi connectivity index (χ0v) is 20.0. The fourth-order valence-electron chi connectivity index (χ4n) is 3.79. The number of carbonyl (C=O) groups is 2. The smallest absolute Gasteiger partial charge is 0.257 e. The Morgan fingerprint density at radius 1 is 1.06 bits per heavy atom. The molecule has 2 N–H and O–H groups in total. The number of furan rings is 1. The van der Waals surface area contributed by atoms with Crippen LogP contribution in [0.1, 0.15) is 46.3 Å². The van der Waals surface area contributed by atoms with Gasteiger partial charge in [-0.1, -0.05) is 36.0 Å². The van der Waals surface area contributed by atoms with E-state index >= 15 is 0 Å². The number of anilines is 2. The molecule has 0 saturated heterocycles. The van der Waals surface area contributed by atoms with Crippen LogP contribution in [0.15, 0.2) is 76.5 Å². The Balaban J connectivity index is 1.25. The number of carbonyl (C=O) groups excluding carboxylic acids is 2. The molecule has 1 fully saturated rings. The Morgan fingerprint density at radius 3 is 2.69 bits per heavy atom. The molecule has 4 aromatic rings. The van der Waals surface area contributed by atoms with Crippen molar-refractivity contribution in [2.45, 2.75) is 37.4 Å². The summed E-state index contributed by atoms with van der Waals surface area (Å²) in [6.45, 7) is 2.49. The van der Waals surface area contributed by atoms with Gasteiger partial charge in [0.1, 0.15) is 11.6 Å². The minimum atomic E-state index is -0.286. The minimum absolute atomic E-state index is 0.134. The van der Waals surface area contributed by atoms with Crippen molar-refractivity contribution >= 4 is 35.0 Å². The van der Waals surface area contributed by atoms with Gasteiger partial charge in [0.2, 0.25) is 5.91 Å². The van der Waals surface area contributed by atoms with E-state index in [0.29, 0.717) is 34.6 Å². The predicted molar refractivity (Wildman–Crippen MR) is 135 cm³/mol. The van der Waals surface area contributed by atoms with Gasteiger partial charge in [-0.15, -0.1) is 10.2 Å². The Labute approximate surface area is 207 Å². The highest BCUT2D eigenvalue weighted by molar-refractivity contribution is 7.99. The fraction of sp³-hybridized carbons (Fsp3) is 0.231. The highest BCUT2D eigenvalue weighted by Crippen LogP contribution is 2.40. The fourth-order valence-corrected chi connectivity index (χ4v) is 4.53. The Hall–Kier alpha value is -3.85. The van der Waals surface area contributed by atoms with Crippen molar-refractivity contribution in [1.29, 1.82) is 0 Å². The molecule has 1 saturated carbocycles. The summed E-state index contributed by atoms with van der Waals surface area (Å²) in [5, 5.41) is 15.1. The third-order valence-electron chi connectivity index (χ3n) is 5.64. The molecule has 2 aromatic heterocycles. The maximum absolute atomic E-state index is 12.9. The van der Waals surface area contributed by atoms with Crippen LogP contribution in [0.5, 0.6) is 0 Å². The maximum atomic E-state index is 12.9. The molecular formula is C26H25N5O3S. The number of nitrogens with one attached hydrogen (secondary N) is 2. The molecule has 35 heavy (non-hydrogen) atoms. The van der Waals surface area contributed by atoms with Crippen LogP contribution in [-0.4, -0.2) is 32.3 Å². The molecule has 0 unspecified atom stereocenters. The molecule has 9 heteroatoms. The number of para-hydroxylation sites is 1. The monoisotopic (exact) mass is 487 g/mol. The number of nitrogens with zero attached hydrogens (tertiary/aromatic N) is 3. The van der Waals surface area contributed by atoms with E-state index in [9.17, 15) is 9.59 Å². The lowest BCUT2D eigenvalue weighted by Gasteiger charge is -2.12. The van der Waals surface area contributed by atoms with Crippen molar-refractivity contribution in [1.82, 2.24) is 14.8 Å². The summed E-state index contributed by atoms with van der Waals surface area (Å²) >= 11 is 1.32. The summed E-state index contributed by atoms with van der Waals surface area (Å²) in [7, 11) is 0. The first-order valence-electron chi connectivity index (χ1n) is 11.4. The molecule has 2 aromatic carbocycles. The van der Waals surface area contributed by atoms with Crippen LogP contribution in [0.25, 0.3) is 0 Å². The third-order valence-corrected chi connectivity index (χ3v) is 6.60. The van der Waals surface area contributed by atoms with Crippen molar-refractivity contribution in [2.24, 2.45) is 0 Å². The average Bonchev–Trinajstić information content (AvgIpc) is 3.41. The van der Waals surface area contributed by atoms with Crippen molar-refractivity contribution in [3.8, 4) is 0 Å². The van der Waals surface area contributed by atoms with Gasteiger partial charge in [-0.05, 0) is 61.7 Å². The van der Waals surface area contributed by atoms with Crippen LogP contribution in [-0.2, 0) is 11.3 Å². The molecule has 8 nitrogen and oxygen atoms in total. The first-order valence-corrected chi connectivity index (χ1v) is 12.4. The second kappa shape index (κ2) is 10.2. The molecule has 178 valence electrons. The Kier molecular flexibility index (Phi) is 6.67. The van der Waals surface area contributed by atoms with E-state index < -0.39 is 0 Å². The molecular weight excluding hydrogens is 462 g/mol. The van der Waals surface area contributed by atoms with E-state index in [1.807, 2.05) is 47.9 Å². The molecule has 1 aliphatic rings. The van der Waals surface area contributed by atoms with Crippen LogP contribution in [0.2, 0.25) is 0 Å². The van der Waals surface area contributed by atoms with E-state index in [1.54, 1.807) is 30.5 Å². The summed E-state index contributed by atoms with van der Waals surface area (Å²) < 4.78 is 7.53. The molecule has 1 aliphatic carbocycles. The van der Waals surface area contributed by atoms with Gasteiger partial charge in [-0.25, -0.2) is 0 Å². The quantitative estimate of drug-likeness (QED) is 0.319. The highest BCUT2D eigenvalue weighted by atomic mass is 32.2. The average molecular weight is 488 g/mol. The van der Waals surface area contributed by atoms with Crippen LogP contribution < -0.4 is 10.6 Å². The summed E-state index contributed by atoms with van der Waals surface area (Å²) in [5.41, 5.74) is 2.60. The molecule has 5 rings (SSSR count). The highest BCUT2D eigenvalue weighted by Gasteiger charge is 2.31. The van der Waals surface area contributed by atoms with Crippen LogP contribution in [0.4, 0.5) is 11.4 Å². The normalized spacial score (nSPS) is 12.9. The molecule has 0 spiro atoms. The lowest BCUT2D eigenvalue weighted by molar-refractivity contribution is -0.113. The van der Waals surface area contributed by atoms with E-state index in [0.717, 1.165) is 30.0 Å². The van der Waals surface area contributed by atoms with Gasteiger partial charge in [0, 0.05) is 11.6 Å². The van der Waals surface area contributed by atoms with Crippen molar-refractivity contribution in [3.63, 3.8) is 0 Å². The Morgan fingerprint density at radius 2 is 1.91 bits per heavy atom. The van der Waals surface area contributed by atoms with E-state index in [-0.39, 0.29) is 17.6 Å². The second-order valence-corrected chi connectivity index (χ2v) is 9.43. The second-order valence-electron chi connectivity index (χ2n) is 8.49. The molecule has 0 radical (unpaired) electrons. The van der Waals surface area contributed by atoms with Gasteiger partial charge >= 0.3 is 0 Å². The molecule has 2 heterocycles. The topological polar surface area (TPSA) is 102 Å². The first-order chi connectivity index (χ1) is 17.1. The molecule has 2 amide bonds.